The van der Waals surface area contributed by atoms with E-state index in [2.05, 4.69) is 15.1 Å². The first-order valence-electron chi connectivity index (χ1n) is 6.16. The fourth-order valence-electron chi connectivity index (χ4n) is 2.14. The molecule has 4 heterocycles. The average Bonchev–Trinajstić information content (AvgIpc) is 3.06. The van der Waals surface area contributed by atoms with Crippen molar-refractivity contribution in [2.24, 2.45) is 0 Å². The van der Waals surface area contributed by atoms with Crippen LogP contribution in [0.3, 0.4) is 0 Å². The summed E-state index contributed by atoms with van der Waals surface area (Å²) in [7, 11) is 0. The van der Waals surface area contributed by atoms with Gasteiger partial charge in [-0.1, -0.05) is 17.7 Å². The third-order valence-corrected chi connectivity index (χ3v) is 4.20. The van der Waals surface area contributed by atoms with Gasteiger partial charge in [0.1, 0.15) is 16.5 Å². The van der Waals surface area contributed by atoms with Gasteiger partial charge in [-0.25, -0.2) is 19.4 Å². The van der Waals surface area contributed by atoms with Crippen LogP contribution >= 0.6 is 22.9 Å². The summed E-state index contributed by atoms with van der Waals surface area (Å²) in [5, 5.41) is 7.38. The van der Waals surface area contributed by atoms with Crippen molar-refractivity contribution in [2.45, 2.75) is 6.54 Å². The van der Waals surface area contributed by atoms with Gasteiger partial charge in [-0.2, -0.15) is 0 Å². The van der Waals surface area contributed by atoms with Crippen LogP contribution in [0.4, 0.5) is 0 Å². The normalized spacial score (nSPS) is 11.5. The number of hydrogen-bond donors (Lipinski definition) is 0. The van der Waals surface area contributed by atoms with E-state index in [1.165, 1.54) is 20.4 Å². The van der Waals surface area contributed by atoms with Crippen LogP contribution in [0.1, 0.15) is 5.82 Å². The van der Waals surface area contributed by atoms with Gasteiger partial charge in [0, 0.05) is 11.6 Å². The van der Waals surface area contributed by atoms with E-state index in [-0.39, 0.29) is 12.2 Å². The van der Waals surface area contributed by atoms with Crippen LogP contribution in [0.2, 0.25) is 5.15 Å². The second kappa shape index (κ2) is 4.64. The Bertz CT molecular complexity index is 1020. The third-order valence-electron chi connectivity index (χ3n) is 3.10. The zero-order valence-electron chi connectivity index (χ0n) is 10.6. The summed E-state index contributed by atoms with van der Waals surface area (Å²) in [6.45, 7) is 0.189. The summed E-state index contributed by atoms with van der Waals surface area (Å²) in [5.41, 5.74) is 0.363. The first-order valence-corrected chi connectivity index (χ1v) is 7.42. The first-order chi connectivity index (χ1) is 10.2. The summed E-state index contributed by atoms with van der Waals surface area (Å²) >= 11 is 7.62. The quantitative estimate of drug-likeness (QED) is 0.532. The van der Waals surface area contributed by atoms with E-state index in [4.69, 9.17) is 11.6 Å². The van der Waals surface area contributed by atoms with Crippen molar-refractivity contribution in [3.8, 4) is 0 Å². The standard InChI is InChI=1S/C13H8ClN5OS/c14-11-8-4-6-21-12(8)16-9(15-11)7-19-13(20)18-5-2-1-3-10(18)17-19/h1-6H,7H2. The molecule has 0 saturated heterocycles. The molecule has 6 nitrogen and oxygen atoms in total. The Morgan fingerprint density at radius 3 is 3.00 bits per heavy atom. The Hall–Kier alpha value is -2.25. The fraction of sp³-hybridized carbons (Fsp3) is 0.0769. The Kier molecular flexibility index (Phi) is 2.76. The van der Waals surface area contributed by atoms with E-state index in [0.717, 1.165) is 10.2 Å². The molecule has 4 rings (SSSR count). The molecule has 0 aliphatic carbocycles. The van der Waals surface area contributed by atoms with Gasteiger partial charge >= 0.3 is 5.69 Å². The maximum atomic E-state index is 12.2. The lowest BCUT2D eigenvalue weighted by Crippen LogP contribution is -2.22. The molecule has 0 bridgehead atoms. The van der Waals surface area contributed by atoms with Crippen LogP contribution in [-0.4, -0.2) is 24.1 Å². The monoisotopic (exact) mass is 317 g/mol. The van der Waals surface area contributed by atoms with E-state index in [1.807, 2.05) is 17.5 Å². The Morgan fingerprint density at radius 2 is 2.14 bits per heavy atom. The highest BCUT2D eigenvalue weighted by Gasteiger charge is 2.11. The lowest BCUT2D eigenvalue weighted by molar-refractivity contribution is 0.634. The van der Waals surface area contributed by atoms with Gasteiger partial charge in [-0.3, -0.25) is 4.40 Å². The molecule has 0 aliphatic rings. The van der Waals surface area contributed by atoms with Crippen LogP contribution in [-0.2, 0) is 6.54 Å². The lowest BCUT2D eigenvalue weighted by Gasteiger charge is -2.00. The van der Waals surface area contributed by atoms with Crippen molar-refractivity contribution < 1.29 is 0 Å². The highest BCUT2D eigenvalue weighted by molar-refractivity contribution is 7.16. The maximum absolute atomic E-state index is 12.2. The zero-order chi connectivity index (χ0) is 14.4. The predicted molar refractivity (Wildman–Crippen MR) is 81.0 cm³/mol. The van der Waals surface area contributed by atoms with Crippen molar-refractivity contribution >= 4 is 38.8 Å². The van der Waals surface area contributed by atoms with E-state index >= 15 is 0 Å². The molecule has 0 fully saturated rings. The molecule has 0 radical (unpaired) electrons. The summed E-state index contributed by atoms with van der Waals surface area (Å²) in [6.07, 6.45) is 1.68. The molecule has 0 amide bonds. The van der Waals surface area contributed by atoms with Crippen LogP contribution in [0, 0.1) is 0 Å². The highest BCUT2D eigenvalue weighted by atomic mass is 35.5. The van der Waals surface area contributed by atoms with Crippen LogP contribution in [0.5, 0.6) is 0 Å². The second-order valence-electron chi connectivity index (χ2n) is 4.44. The number of aromatic nitrogens is 5. The molecule has 0 spiro atoms. The molecule has 0 saturated carbocycles. The summed E-state index contributed by atoms with van der Waals surface area (Å²) in [5.74, 6) is 0.473. The van der Waals surface area contributed by atoms with E-state index in [1.54, 1.807) is 18.3 Å². The number of halogens is 1. The molecule has 21 heavy (non-hydrogen) atoms. The minimum Gasteiger partial charge on any atom is -0.250 e. The Labute approximate surface area is 127 Å². The molecule has 104 valence electrons. The molecular formula is C13H8ClN5OS. The summed E-state index contributed by atoms with van der Waals surface area (Å²) in [4.78, 5) is 21.7. The SMILES string of the molecule is O=c1n(Cc2nc(Cl)c3ccsc3n2)nc2ccccn12. The number of hydrogen-bond acceptors (Lipinski definition) is 5. The van der Waals surface area contributed by atoms with E-state index in [9.17, 15) is 4.79 Å². The summed E-state index contributed by atoms with van der Waals surface area (Å²) < 4.78 is 2.81. The molecule has 4 aromatic rings. The van der Waals surface area contributed by atoms with Crippen LogP contribution < -0.4 is 5.69 Å². The molecule has 0 aromatic carbocycles. The smallest absolute Gasteiger partial charge is 0.250 e. The van der Waals surface area contributed by atoms with E-state index in [0.29, 0.717) is 16.6 Å². The van der Waals surface area contributed by atoms with Gasteiger partial charge in [0.15, 0.2) is 11.5 Å². The Morgan fingerprint density at radius 1 is 1.24 bits per heavy atom. The lowest BCUT2D eigenvalue weighted by atomic mass is 10.4. The number of pyridine rings is 1. The average molecular weight is 318 g/mol. The fourth-order valence-corrected chi connectivity index (χ4v) is 3.23. The van der Waals surface area contributed by atoms with Gasteiger partial charge in [0.2, 0.25) is 0 Å². The van der Waals surface area contributed by atoms with Crippen LogP contribution in [0.25, 0.3) is 15.9 Å². The number of nitrogens with zero attached hydrogens (tertiary/aromatic N) is 5. The van der Waals surface area contributed by atoms with Crippen molar-refractivity contribution in [1.82, 2.24) is 24.1 Å². The Balaban J connectivity index is 1.82. The van der Waals surface area contributed by atoms with Gasteiger partial charge in [-0.05, 0) is 23.6 Å². The molecule has 0 unspecified atom stereocenters. The molecule has 0 aliphatic heterocycles. The molecule has 0 N–H and O–H groups in total. The zero-order valence-corrected chi connectivity index (χ0v) is 12.2. The van der Waals surface area contributed by atoms with E-state index < -0.39 is 0 Å². The molecule has 0 atom stereocenters. The largest absolute Gasteiger partial charge is 0.350 e. The third kappa shape index (κ3) is 2.01. The first kappa shape index (κ1) is 12.5. The van der Waals surface area contributed by atoms with Crippen molar-refractivity contribution in [3.05, 3.63) is 57.3 Å². The molecule has 4 aromatic heterocycles. The maximum Gasteiger partial charge on any atom is 0.350 e. The topological polar surface area (TPSA) is 65.1 Å². The van der Waals surface area contributed by atoms with Crippen molar-refractivity contribution in [1.29, 1.82) is 0 Å². The van der Waals surface area contributed by atoms with Gasteiger partial charge in [-0.15, -0.1) is 16.4 Å². The molecule has 8 heteroatoms. The number of fused-ring (bicyclic) bond motifs is 2. The van der Waals surface area contributed by atoms with Gasteiger partial charge < -0.3 is 0 Å². The predicted octanol–water partition coefficient (Wildman–Crippen LogP) is 2.20. The minimum absolute atomic E-state index is 0.189. The van der Waals surface area contributed by atoms with Crippen molar-refractivity contribution in [2.75, 3.05) is 0 Å². The van der Waals surface area contributed by atoms with Gasteiger partial charge in [0.05, 0.1) is 0 Å². The number of thiophene rings is 1. The molecular weight excluding hydrogens is 310 g/mol. The van der Waals surface area contributed by atoms with Crippen LogP contribution in [0.15, 0.2) is 40.6 Å². The summed E-state index contributed by atoms with van der Waals surface area (Å²) in [6, 6.07) is 7.26. The number of rotatable bonds is 2. The minimum atomic E-state index is -0.225. The van der Waals surface area contributed by atoms with Gasteiger partial charge in [0.25, 0.3) is 0 Å². The van der Waals surface area contributed by atoms with Crippen molar-refractivity contribution in [3.63, 3.8) is 0 Å². The highest BCUT2D eigenvalue weighted by Crippen LogP contribution is 2.24. The second-order valence-corrected chi connectivity index (χ2v) is 5.69.